The minimum atomic E-state index is -3.83. The van der Waals surface area contributed by atoms with Gasteiger partial charge < -0.3 is 9.64 Å². The van der Waals surface area contributed by atoms with E-state index in [9.17, 15) is 13.2 Å². The summed E-state index contributed by atoms with van der Waals surface area (Å²) in [5, 5.41) is 0.183. The minimum Gasteiger partial charge on any atom is -0.492 e. The first kappa shape index (κ1) is 20.5. The zero-order chi connectivity index (χ0) is 20.6. The predicted molar refractivity (Wildman–Crippen MR) is 111 cm³/mol. The zero-order valence-corrected chi connectivity index (χ0v) is 17.9. The maximum Gasteiger partial charge on any atom is 0.246 e. The van der Waals surface area contributed by atoms with Crippen LogP contribution in [0.4, 0.5) is 0 Å². The highest BCUT2D eigenvalue weighted by molar-refractivity contribution is 7.89. The fourth-order valence-electron chi connectivity index (χ4n) is 3.75. The lowest BCUT2D eigenvalue weighted by molar-refractivity contribution is -0.138. The van der Waals surface area contributed by atoms with Crippen LogP contribution in [0.1, 0.15) is 5.56 Å². The maximum absolute atomic E-state index is 13.0. The van der Waals surface area contributed by atoms with Crippen LogP contribution < -0.4 is 4.74 Å². The molecule has 0 N–H and O–H groups in total. The van der Waals surface area contributed by atoms with Crippen molar-refractivity contribution in [2.45, 2.75) is 11.3 Å². The van der Waals surface area contributed by atoms with Crippen LogP contribution in [-0.2, 0) is 21.2 Å². The highest BCUT2D eigenvalue weighted by Crippen LogP contribution is 2.32. The summed E-state index contributed by atoms with van der Waals surface area (Å²) in [4.78, 5) is 14.6. The second-order valence-corrected chi connectivity index (χ2v) is 9.79. The van der Waals surface area contributed by atoms with Crippen molar-refractivity contribution >= 4 is 39.1 Å². The van der Waals surface area contributed by atoms with E-state index in [2.05, 4.69) is 0 Å². The number of carbonyl (C=O) groups excluding carboxylic acids is 1. The summed E-state index contributed by atoms with van der Waals surface area (Å²) < 4.78 is 33.0. The molecule has 2 aliphatic rings. The molecule has 0 saturated carbocycles. The van der Waals surface area contributed by atoms with E-state index in [1.54, 1.807) is 11.0 Å². The molecule has 2 aromatic carbocycles. The van der Waals surface area contributed by atoms with E-state index >= 15 is 0 Å². The lowest BCUT2D eigenvalue weighted by atomic mass is 9.95. The largest absolute Gasteiger partial charge is 0.492 e. The first-order valence-electron chi connectivity index (χ1n) is 9.31. The van der Waals surface area contributed by atoms with Crippen LogP contribution in [0, 0.1) is 5.92 Å². The predicted octanol–water partition coefficient (Wildman–Crippen LogP) is 3.08. The number of piperazine rings is 1. The van der Waals surface area contributed by atoms with Crippen molar-refractivity contribution < 1.29 is 17.9 Å². The summed E-state index contributed by atoms with van der Waals surface area (Å²) in [5.41, 5.74) is 1.02. The maximum atomic E-state index is 13.0. The Morgan fingerprint density at radius 2 is 1.62 bits per heavy atom. The van der Waals surface area contributed by atoms with E-state index in [0.717, 1.165) is 11.3 Å². The van der Waals surface area contributed by atoms with Crippen LogP contribution in [0.2, 0.25) is 10.0 Å². The number of ether oxygens (including phenoxy) is 1. The smallest absolute Gasteiger partial charge is 0.246 e. The Morgan fingerprint density at radius 3 is 2.31 bits per heavy atom. The molecule has 6 nitrogen and oxygen atoms in total. The first-order chi connectivity index (χ1) is 13.9. The van der Waals surface area contributed by atoms with Crippen molar-refractivity contribution in [2.24, 2.45) is 5.92 Å². The molecule has 2 aromatic rings. The SMILES string of the molecule is O=C([C@@H]1COc2ccccc2C1)N1CCN(S(=O)(=O)c2c(Cl)cccc2Cl)CC1. The quantitative estimate of drug-likeness (QED) is 0.714. The Kier molecular flexibility index (Phi) is 5.75. The number of benzene rings is 2. The average molecular weight is 455 g/mol. The Hall–Kier alpha value is -1.80. The number of fused-ring (bicyclic) bond motifs is 1. The molecule has 0 unspecified atom stereocenters. The average Bonchev–Trinajstić information content (AvgIpc) is 2.72. The van der Waals surface area contributed by atoms with Gasteiger partial charge in [0.15, 0.2) is 0 Å². The van der Waals surface area contributed by atoms with Gasteiger partial charge in [-0.05, 0) is 30.2 Å². The lowest BCUT2D eigenvalue weighted by Gasteiger charge is -2.36. The number of halogens is 2. The van der Waals surface area contributed by atoms with Crippen LogP contribution in [0.5, 0.6) is 5.75 Å². The fraction of sp³-hybridized carbons (Fsp3) is 0.350. The molecule has 4 rings (SSSR count). The van der Waals surface area contributed by atoms with Crippen molar-refractivity contribution in [1.29, 1.82) is 0 Å². The molecule has 2 aliphatic heterocycles. The minimum absolute atomic E-state index is 0.00710. The summed E-state index contributed by atoms with van der Waals surface area (Å²) in [6.07, 6.45) is 0.628. The molecular formula is C20H20Cl2N2O4S. The molecule has 1 amide bonds. The van der Waals surface area contributed by atoms with Gasteiger partial charge in [0.2, 0.25) is 15.9 Å². The number of carbonyl (C=O) groups is 1. The number of amides is 1. The van der Waals surface area contributed by atoms with Crippen LogP contribution in [0.25, 0.3) is 0 Å². The number of rotatable bonds is 3. The van der Waals surface area contributed by atoms with Crippen molar-refractivity contribution in [3.05, 3.63) is 58.1 Å². The third-order valence-electron chi connectivity index (χ3n) is 5.30. The Bertz CT molecular complexity index is 1020. The van der Waals surface area contributed by atoms with Gasteiger partial charge in [0, 0.05) is 26.2 Å². The van der Waals surface area contributed by atoms with Crippen LogP contribution in [0.15, 0.2) is 47.4 Å². The van der Waals surface area contributed by atoms with E-state index in [1.807, 2.05) is 24.3 Å². The Balaban J connectivity index is 1.43. The Morgan fingerprint density at radius 1 is 0.966 bits per heavy atom. The van der Waals surface area contributed by atoms with Crippen molar-refractivity contribution in [3.63, 3.8) is 0 Å². The summed E-state index contributed by atoms with van der Waals surface area (Å²) in [5.74, 6) is 0.558. The van der Waals surface area contributed by atoms with Crippen molar-refractivity contribution in [1.82, 2.24) is 9.21 Å². The molecule has 0 spiro atoms. The van der Waals surface area contributed by atoms with Gasteiger partial charge in [-0.2, -0.15) is 4.31 Å². The first-order valence-corrected chi connectivity index (χ1v) is 11.5. The number of hydrogen-bond acceptors (Lipinski definition) is 4. The van der Waals surface area contributed by atoms with E-state index in [-0.39, 0.29) is 39.9 Å². The zero-order valence-electron chi connectivity index (χ0n) is 15.6. The number of para-hydroxylation sites is 1. The van der Waals surface area contributed by atoms with E-state index in [0.29, 0.717) is 26.1 Å². The van der Waals surface area contributed by atoms with Gasteiger partial charge in [0.1, 0.15) is 17.3 Å². The molecule has 0 radical (unpaired) electrons. The normalized spacial score (nSPS) is 20.1. The number of nitrogens with zero attached hydrogens (tertiary/aromatic N) is 2. The highest BCUT2D eigenvalue weighted by Gasteiger charge is 2.35. The number of sulfonamides is 1. The van der Waals surface area contributed by atoms with Crippen LogP contribution in [-0.4, -0.2) is 56.3 Å². The van der Waals surface area contributed by atoms with E-state index in [1.165, 1.54) is 16.4 Å². The molecule has 154 valence electrons. The van der Waals surface area contributed by atoms with Gasteiger partial charge in [0.25, 0.3) is 0 Å². The second kappa shape index (κ2) is 8.14. The molecule has 9 heteroatoms. The molecule has 0 bridgehead atoms. The molecule has 0 aliphatic carbocycles. The third-order valence-corrected chi connectivity index (χ3v) is 8.15. The standard InChI is InChI=1S/C20H20Cl2N2O4S/c21-16-5-3-6-17(22)19(16)29(26,27)24-10-8-23(9-11-24)20(25)15-12-14-4-1-2-7-18(14)28-13-15/h1-7,15H,8-13H2/t15-/m0/s1. The molecule has 2 heterocycles. The van der Waals surface area contributed by atoms with Gasteiger partial charge in [-0.25, -0.2) is 8.42 Å². The molecule has 1 fully saturated rings. The highest BCUT2D eigenvalue weighted by atomic mass is 35.5. The van der Waals surface area contributed by atoms with Gasteiger partial charge in [0.05, 0.1) is 16.0 Å². The molecular weight excluding hydrogens is 435 g/mol. The van der Waals surface area contributed by atoms with Gasteiger partial charge in [-0.3, -0.25) is 4.79 Å². The molecule has 1 saturated heterocycles. The van der Waals surface area contributed by atoms with Gasteiger partial charge >= 0.3 is 0 Å². The fourth-order valence-corrected chi connectivity index (χ4v) is 6.27. The monoisotopic (exact) mass is 454 g/mol. The third kappa shape index (κ3) is 3.97. The van der Waals surface area contributed by atoms with Gasteiger partial charge in [-0.1, -0.05) is 47.5 Å². The summed E-state index contributed by atoms with van der Waals surface area (Å²) in [6.45, 7) is 1.36. The van der Waals surface area contributed by atoms with Crippen molar-refractivity contribution in [2.75, 3.05) is 32.8 Å². The second-order valence-electron chi connectivity index (χ2n) is 7.10. The number of hydrogen-bond donors (Lipinski definition) is 0. The topological polar surface area (TPSA) is 66.9 Å². The van der Waals surface area contributed by atoms with Crippen molar-refractivity contribution in [3.8, 4) is 5.75 Å². The van der Waals surface area contributed by atoms with Crippen LogP contribution >= 0.6 is 23.2 Å². The lowest BCUT2D eigenvalue weighted by Crippen LogP contribution is -2.53. The van der Waals surface area contributed by atoms with E-state index in [4.69, 9.17) is 27.9 Å². The van der Waals surface area contributed by atoms with Gasteiger partial charge in [-0.15, -0.1) is 0 Å². The molecule has 0 aromatic heterocycles. The van der Waals surface area contributed by atoms with E-state index < -0.39 is 10.0 Å². The van der Waals surface area contributed by atoms with Crippen LogP contribution in [0.3, 0.4) is 0 Å². The summed E-state index contributed by atoms with van der Waals surface area (Å²) in [6, 6.07) is 12.3. The molecule has 1 atom stereocenters. The summed E-state index contributed by atoms with van der Waals surface area (Å²) >= 11 is 12.2. The Labute approximate surface area is 180 Å². The molecule has 29 heavy (non-hydrogen) atoms. The summed E-state index contributed by atoms with van der Waals surface area (Å²) in [7, 11) is -3.83.